The van der Waals surface area contributed by atoms with Gasteiger partial charge in [0.25, 0.3) is 0 Å². The highest BCUT2D eigenvalue weighted by molar-refractivity contribution is 5.98. The molecule has 106 valence electrons. The summed E-state index contributed by atoms with van der Waals surface area (Å²) in [5.41, 5.74) is -0.175. The van der Waals surface area contributed by atoms with Crippen LogP contribution in [-0.4, -0.2) is 38.2 Å². The number of benzene rings is 1. The lowest BCUT2D eigenvalue weighted by Crippen LogP contribution is -2.06. The third kappa shape index (κ3) is 2.86. The van der Waals surface area contributed by atoms with E-state index in [1.807, 2.05) is 0 Å². The number of carboxylic acids is 3. The minimum atomic E-state index is -1.30. The third-order valence-electron chi connectivity index (χ3n) is 2.77. The molecule has 0 aliphatic rings. The van der Waals surface area contributed by atoms with E-state index in [9.17, 15) is 14.4 Å². The summed E-state index contributed by atoms with van der Waals surface area (Å²) in [4.78, 5) is 36.6. The van der Waals surface area contributed by atoms with Crippen LogP contribution in [0, 0.1) is 0 Å². The summed E-state index contributed by atoms with van der Waals surface area (Å²) in [7, 11) is 0. The first-order chi connectivity index (χ1) is 9.90. The van der Waals surface area contributed by atoms with Crippen molar-refractivity contribution in [2.75, 3.05) is 0 Å². The molecule has 0 radical (unpaired) electrons. The molecule has 0 bridgehead atoms. The molecule has 0 fully saturated rings. The first-order valence-corrected chi connectivity index (χ1v) is 5.70. The van der Waals surface area contributed by atoms with Crippen molar-refractivity contribution in [3.05, 3.63) is 53.3 Å². The van der Waals surface area contributed by atoms with E-state index >= 15 is 0 Å². The maximum atomic E-state index is 11.2. The van der Waals surface area contributed by atoms with Gasteiger partial charge >= 0.3 is 17.9 Å². The maximum absolute atomic E-state index is 11.2. The highest BCUT2D eigenvalue weighted by atomic mass is 16.4. The van der Waals surface area contributed by atoms with Crippen LogP contribution in [0.5, 0.6) is 0 Å². The second-order valence-electron chi connectivity index (χ2n) is 4.11. The molecule has 0 saturated heterocycles. The van der Waals surface area contributed by atoms with Crippen LogP contribution in [0.4, 0.5) is 0 Å². The Bertz CT molecular complexity index is 753. The summed E-state index contributed by atoms with van der Waals surface area (Å²) < 4.78 is 0. The zero-order valence-corrected chi connectivity index (χ0v) is 10.5. The van der Waals surface area contributed by atoms with Gasteiger partial charge in [-0.2, -0.15) is 0 Å². The molecule has 1 heterocycles. The fourth-order valence-electron chi connectivity index (χ4n) is 1.80. The van der Waals surface area contributed by atoms with E-state index in [0.29, 0.717) is 0 Å². The Morgan fingerprint density at radius 2 is 1.62 bits per heavy atom. The second kappa shape index (κ2) is 5.41. The number of rotatable bonds is 4. The number of carbonyl (C=O) groups is 3. The quantitative estimate of drug-likeness (QED) is 0.783. The van der Waals surface area contributed by atoms with Crippen LogP contribution in [-0.2, 0) is 0 Å². The number of hydrogen-bond acceptors (Lipinski definition) is 4. The molecular weight excluding hydrogens is 278 g/mol. The lowest BCUT2D eigenvalue weighted by Gasteiger charge is -2.08. The van der Waals surface area contributed by atoms with E-state index in [2.05, 4.69) is 4.98 Å². The van der Waals surface area contributed by atoms with Crippen molar-refractivity contribution in [1.82, 2.24) is 4.98 Å². The summed E-state index contributed by atoms with van der Waals surface area (Å²) in [5.74, 6) is -3.75. The minimum Gasteiger partial charge on any atom is -0.478 e. The van der Waals surface area contributed by atoms with Crippen molar-refractivity contribution >= 4 is 17.9 Å². The van der Waals surface area contributed by atoms with Crippen LogP contribution in [0.15, 0.2) is 36.5 Å². The molecule has 0 saturated carbocycles. The van der Waals surface area contributed by atoms with E-state index in [4.69, 9.17) is 15.3 Å². The van der Waals surface area contributed by atoms with Gasteiger partial charge in [-0.1, -0.05) is 12.1 Å². The van der Waals surface area contributed by atoms with Crippen LogP contribution in [0.25, 0.3) is 11.1 Å². The fourth-order valence-corrected chi connectivity index (χ4v) is 1.80. The van der Waals surface area contributed by atoms with Crippen molar-refractivity contribution in [3.8, 4) is 11.1 Å². The average molecular weight is 287 g/mol. The monoisotopic (exact) mass is 287 g/mol. The standard InChI is InChI=1S/C14H9NO6/c16-12(17)8-3-1-2-7(4-8)9-5-11(14(20)21)15-6-10(9)13(18)19/h1-6H,(H,16,17)(H,18,19)(H,20,21). The van der Waals surface area contributed by atoms with Crippen LogP contribution in [0.2, 0.25) is 0 Å². The van der Waals surface area contributed by atoms with Crippen molar-refractivity contribution < 1.29 is 29.7 Å². The molecule has 2 rings (SSSR count). The minimum absolute atomic E-state index is 0.0301. The summed E-state index contributed by atoms with van der Waals surface area (Å²) in [6, 6.07) is 6.68. The summed E-state index contributed by atoms with van der Waals surface area (Å²) in [6.45, 7) is 0. The molecule has 0 atom stereocenters. The first-order valence-electron chi connectivity index (χ1n) is 5.70. The van der Waals surface area contributed by atoms with Gasteiger partial charge in [0.05, 0.1) is 11.1 Å². The number of carboxylic acid groups (broad SMARTS) is 3. The Balaban J connectivity index is 2.68. The molecular formula is C14H9NO6. The van der Waals surface area contributed by atoms with Crippen LogP contribution >= 0.6 is 0 Å². The van der Waals surface area contributed by atoms with E-state index in [0.717, 1.165) is 12.3 Å². The van der Waals surface area contributed by atoms with Gasteiger partial charge in [0.2, 0.25) is 0 Å². The molecule has 0 spiro atoms. The van der Waals surface area contributed by atoms with Crippen molar-refractivity contribution in [3.63, 3.8) is 0 Å². The maximum Gasteiger partial charge on any atom is 0.354 e. The Morgan fingerprint density at radius 3 is 2.19 bits per heavy atom. The number of nitrogens with zero attached hydrogens (tertiary/aromatic N) is 1. The number of aromatic nitrogens is 1. The second-order valence-corrected chi connectivity index (χ2v) is 4.11. The average Bonchev–Trinajstić information content (AvgIpc) is 2.46. The van der Waals surface area contributed by atoms with Crippen molar-refractivity contribution in [2.24, 2.45) is 0 Å². The Labute approximate surface area is 118 Å². The molecule has 7 heteroatoms. The highest BCUT2D eigenvalue weighted by Crippen LogP contribution is 2.25. The summed E-state index contributed by atoms with van der Waals surface area (Å²) in [6.07, 6.45) is 0.939. The van der Waals surface area contributed by atoms with Gasteiger partial charge in [0, 0.05) is 11.8 Å². The molecule has 0 amide bonds. The van der Waals surface area contributed by atoms with Crippen molar-refractivity contribution in [1.29, 1.82) is 0 Å². The molecule has 3 N–H and O–H groups in total. The number of pyridine rings is 1. The largest absolute Gasteiger partial charge is 0.478 e. The van der Waals surface area contributed by atoms with Gasteiger partial charge in [0.15, 0.2) is 0 Å². The van der Waals surface area contributed by atoms with Gasteiger partial charge in [-0.25, -0.2) is 19.4 Å². The number of aromatic carboxylic acids is 3. The van der Waals surface area contributed by atoms with Crippen molar-refractivity contribution in [2.45, 2.75) is 0 Å². The van der Waals surface area contributed by atoms with Gasteiger partial charge in [-0.05, 0) is 23.8 Å². The Hall–Kier alpha value is -3.22. The van der Waals surface area contributed by atoms with Gasteiger partial charge in [0.1, 0.15) is 5.69 Å². The molecule has 0 aliphatic heterocycles. The lowest BCUT2D eigenvalue weighted by atomic mass is 9.99. The van der Waals surface area contributed by atoms with Gasteiger partial charge in [-0.3, -0.25) is 0 Å². The normalized spacial score (nSPS) is 10.1. The van der Waals surface area contributed by atoms with E-state index in [1.165, 1.54) is 24.3 Å². The van der Waals surface area contributed by atoms with E-state index < -0.39 is 17.9 Å². The predicted octanol–water partition coefficient (Wildman–Crippen LogP) is 1.84. The predicted molar refractivity (Wildman–Crippen MR) is 70.6 cm³/mol. The van der Waals surface area contributed by atoms with E-state index in [1.54, 1.807) is 0 Å². The Kier molecular flexibility index (Phi) is 3.66. The highest BCUT2D eigenvalue weighted by Gasteiger charge is 2.17. The fraction of sp³-hybridized carbons (Fsp3) is 0. The van der Waals surface area contributed by atoms with Crippen LogP contribution in [0.1, 0.15) is 31.2 Å². The molecule has 1 aromatic heterocycles. The van der Waals surface area contributed by atoms with Crippen LogP contribution < -0.4 is 0 Å². The Morgan fingerprint density at radius 1 is 0.905 bits per heavy atom. The topological polar surface area (TPSA) is 125 Å². The zero-order valence-electron chi connectivity index (χ0n) is 10.5. The summed E-state index contributed by atoms with van der Waals surface area (Å²) in [5, 5.41) is 27.0. The number of hydrogen-bond donors (Lipinski definition) is 3. The van der Waals surface area contributed by atoms with Gasteiger partial charge < -0.3 is 15.3 Å². The molecule has 0 aliphatic carbocycles. The molecule has 1 aromatic carbocycles. The lowest BCUT2D eigenvalue weighted by molar-refractivity contribution is 0.0676. The third-order valence-corrected chi connectivity index (χ3v) is 2.77. The van der Waals surface area contributed by atoms with Crippen LogP contribution in [0.3, 0.4) is 0 Å². The molecule has 21 heavy (non-hydrogen) atoms. The smallest absolute Gasteiger partial charge is 0.354 e. The first kappa shape index (κ1) is 14.2. The SMILES string of the molecule is O=C(O)c1cccc(-c2cc(C(=O)O)ncc2C(=O)O)c1. The molecule has 0 unspecified atom stereocenters. The molecule has 7 nitrogen and oxygen atoms in total. The summed E-state index contributed by atoms with van der Waals surface area (Å²) >= 11 is 0. The van der Waals surface area contributed by atoms with Gasteiger partial charge in [-0.15, -0.1) is 0 Å². The van der Waals surface area contributed by atoms with E-state index in [-0.39, 0.29) is 27.9 Å². The molecule has 2 aromatic rings. The zero-order chi connectivity index (χ0) is 15.6.